The molecule has 9 heteroatoms. The number of sulfonamides is 1. The molecular formula is C27H21FN2O5S. The van der Waals surface area contributed by atoms with Gasteiger partial charge in [0.1, 0.15) is 5.82 Å². The van der Waals surface area contributed by atoms with E-state index in [2.05, 4.69) is 10.0 Å². The number of hydrogen-bond donors (Lipinski definition) is 2. The summed E-state index contributed by atoms with van der Waals surface area (Å²) >= 11 is 0. The average Bonchev–Trinajstić information content (AvgIpc) is 2.89. The van der Waals surface area contributed by atoms with Gasteiger partial charge in [0, 0.05) is 11.3 Å². The molecule has 4 aromatic rings. The molecule has 0 heterocycles. The highest BCUT2D eigenvalue weighted by Crippen LogP contribution is 2.25. The lowest BCUT2D eigenvalue weighted by molar-refractivity contribution is 0.0601. The van der Waals surface area contributed by atoms with Gasteiger partial charge in [0.15, 0.2) is 0 Å². The number of hydrogen-bond acceptors (Lipinski definition) is 5. The number of nitrogens with one attached hydrogen (secondary N) is 2. The molecule has 0 aliphatic rings. The van der Waals surface area contributed by atoms with Crippen molar-refractivity contribution in [1.82, 2.24) is 0 Å². The van der Waals surface area contributed by atoms with E-state index < -0.39 is 27.7 Å². The Morgan fingerprint density at radius 2 is 1.44 bits per heavy atom. The summed E-state index contributed by atoms with van der Waals surface area (Å²) in [5.74, 6) is -1.91. The zero-order valence-corrected chi connectivity index (χ0v) is 19.9. The second kappa shape index (κ2) is 10.4. The molecule has 0 spiro atoms. The fourth-order valence-corrected chi connectivity index (χ4v) is 4.53. The molecule has 0 aliphatic carbocycles. The van der Waals surface area contributed by atoms with Gasteiger partial charge in [-0.25, -0.2) is 17.6 Å². The molecule has 0 fully saturated rings. The number of anilines is 2. The third kappa shape index (κ3) is 5.59. The molecule has 4 rings (SSSR count). The molecule has 0 unspecified atom stereocenters. The molecule has 182 valence electrons. The van der Waals surface area contributed by atoms with E-state index in [9.17, 15) is 22.4 Å². The van der Waals surface area contributed by atoms with E-state index in [0.717, 1.165) is 42.5 Å². The molecule has 7 nitrogen and oxygen atoms in total. The zero-order valence-electron chi connectivity index (χ0n) is 19.1. The fraction of sp³-hybridized carbons (Fsp3) is 0.0370. The Labute approximate surface area is 207 Å². The maximum absolute atomic E-state index is 13.2. The predicted octanol–water partition coefficient (Wildman–Crippen LogP) is 5.33. The van der Waals surface area contributed by atoms with Crippen LogP contribution >= 0.6 is 0 Å². The van der Waals surface area contributed by atoms with Crippen molar-refractivity contribution < 1.29 is 27.1 Å². The summed E-state index contributed by atoms with van der Waals surface area (Å²) in [4.78, 5) is 24.9. The Balaban J connectivity index is 1.59. The van der Waals surface area contributed by atoms with E-state index in [4.69, 9.17) is 4.74 Å². The third-order valence-corrected chi connectivity index (χ3v) is 6.69. The summed E-state index contributed by atoms with van der Waals surface area (Å²) in [5, 5.41) is 2.75. The summed E-state index contributed by atoms with van der Waals surface area (Å²) in [6.07, 6.45) is 0. The number of amides is 1. The monoisotopic (exact) mass is 504 g/mol. The molecule has 36 heavy (non-hydrogen) atoms. The van der Waals surface area contributed by atoms with Crippen molar-refractivity contribution in [3.8, 4) is 11.1 Å². The maximum Gasteiger partial charge on any atom is 0.339 e. The Hall–Kier alpha value is -4.50. The summed E-state index contributed by atoms with van der Waals surface area (Å²) in [6.45, 7) is 0. The molecule has 1 amide bonds. The van der Waals surface area contributed by atoms with E-state index in [1.807, 2.05) is 42.5 Å². The van der Waals surface area contributed by atoms with Gasteiger partial charge in [0.05, 0.1) is 23.3 Å². The smallest absolute Gasteiger partial charge is 0.339 e. The summed E-state index contributed by atoms with van der Waals surface area (Å²) in [6, 6.07) is 25.1. The van der Waals surface area contributed by atoms with Crippen molar-refractivity contribution in [3.05, 3.63) is 114 Å². The van der Waals surface area contributed by atoms with Crippen molar-refractivity contribution >= 4 is 33.3 Å². The largest absolute Gasteiger partial charge is 0.465 e. The van der Waals surface area contributed by atoms with Crippen LogP contribution in [0.15, 0.2) is 102 Å². The first-order valence-corrected chi connectivity index (χ1v) is 12.2. The number of ether oxygens (including phenoxy) is 1. The van der Waals surface area contributed by atoms with Crippen molar-refractivity contribution in [2.75, 3.05) is 17.1 Å². The SMILES string of the molecule is COC(=O)c1ccc(C(=O)Nc2ccc(-c3ccccc3)cc2)cc1NS(=O)(=O)c1ccc(F)cc1. The first kappa shape index (κ1) is 24.6. The first-order valence-electron chi connectivity index (χ1n) is 10.7. The molecule has 0 atom stereocenters. The minimum Gasteiger partial charge on any atom is -0.465 e. The topological polar surface area (TPSA) is 102 Å². The summed E-state index contributed by atoms with van der Waals surface area (Å²) in [7, 11) is -3.03. The van der Waals surface area contributed by atoms with Gasteiger partial charge in [0.25, 0.3) is 15.9 Å². The highest BCUT2D eigenvalue weighted by molar-refractivity contribution is 7.92. The van der Waals surface area contributed by atoms with Crippen LogP contribution in [0.2, 0.25) is 0 Å². The molecule has 2 N–H and O–H groups in total. The van der Waals surface area contributed by atoms with Gasteiger partial charge in [-0.3, -0.25) is 9.52 Å². The lowest BCUT2D eigenvalue weighted by Crippen LogP contribution is -2.18. The molecule has 0 saturated heterocycles. The molecule has 0 aromatic heterocycles. The minimum absolute atomic E-state index is 0.0908. The lowest BCUT2D eigenvalue weighted by Gasteiger charge is -2.14. The maximum atomic E-state index is 13.2. The third-order valence-electron chi connectivity index (χ3n) is 5.31. The highest BCUT2D eigenvalue weighted by atomic mass is 32.2. The van der Waals surface area contributed by atoms with E-state index in [1.54, 1.807) is 12.1 Å². The number of esters is 1. The first-order chi connectivity index (χ1) is 17.3. The molecule has 0 bridgehead atoms. The number of halogens is 1. The number of benzene rings is 4. The van der Waals surface area contributed by atoms with E-state index in [-0.39, 0.29) is 21.7 Å². The Morgan fingerprint density at radius 3 is 2.08 bits per heavy atom. The van der Waals surface area contributed by atoms with Crippen LogP contribution in [0.3, 0.4) is 0 Å². The van der Waals surface area contributed by atoms with Crippen LogP contribution < -0.4 is 10.0 Å². The average molecular weight is 505 g/mol. The molecule has 4 aromatic carbocycles. The standard InChI is InChI=1S/C27H21FN2O5S/c1-35-27(32)24-16-9-20(17-25(24)30-36(33,34)23-14-10-21(28)11-15-23)26(31)29-22-12-7-19(8-13-22)18-5-3-2-4-6-18/h2-17,30H,1H3,(H,29,31). The Morgan fingerprint density at radius 1 is 0.806 bits per heavy atom. The van der Waals surface area contributed by atoms with Crippen molar-refractivity contribution in [1.29, 1.82) is 0 Å². The molecule has 0 saturated carbocycles. The highest BCUT2D eigenvalue weighted by Gasteiger charge is 2.21. The van der Waals surface area contributed by atoms with Gasteiger partial charge in [-0.15, -0.1) is 0 Å². The van der Waals surface area contributed by atoms with Gasteiger partial charge in [-0.2, -0.15) is 0 Å². The summed E-state index contributed by atoms with van der Waals surface area (Å²) < 4.78 is 45.9. The molecular weight excluding hydrogens is 483 g/mol. The van der Waals surface area contributed by atoms with Crippen molar-refractivity contribution in [3.63, 3.8) is 0 Å². The van der Waals surface area contributed by atoms with Gasteiger partial charge in [-0.1, -0.05) is 42.5 Å². The van der Waals surface area contributed by atoms with Crippen LogP contribution in [0.25, 0.3) is 11.1 Å². The molecule has 0 radical (unpaired) electrons. The number of carbonyl (C=O) groups excluding carboxylic acids is 2. The number of rotatable bonds is 7. The van der Waals surface area contributed by atoms with Crippen LogP contribution in [-0.4, -0.2) is 27.4 Å². The number of carbonyl (C=O) groups is 2. The van der Waals surface area contributed by atoms with Crippen LogP contribution in [0, 0.1) is 5.82 Å². The zero-order chi connectivity index (χ0) is 25.7. The fourth-order valence-electron chi connectivity index (χ4n) is 3.46. The quantitative estimate of drug-likeness (QED) is 0.331. The predicted molar refractivity (Wildman–Crippen MR) is 135 cm³/mol. The van der Waals surface area contributed by atoms with E-state index >= 15 is 0 Å². The van der Waals surface area contributed by atoms with Crippen LogP contribution in [0.4, 0.5) is 15.8 Å². The van der Waals surface area contributed by atoms with Gasteiger partial charge in [0.2, 0.25) is 0 Å². The van der Waals surface area contributed by atoms with Crippen LogP contribution in [0.5, 0.6) is 0 Å². The van der Waals surface area contributed by atoms with E-state index in [1.165, 1.54) is 18.2 Å². The lowest BCUT2D eigenvalue weighted by atomic mass is 10.1. The van der Waals surface area contributed by atoms with Crippen LogP contribution in [0.1, 0.15) is 20.7 Å². The second-order valence-corrected chi connectivity index (χ2v) is 9.39. The van der Waals surface area contributed by atoms with E-state index in [0.29, 0.717) is 5.69 Å². The number of methoxy groups -OCH3 is 1. The van der Waals surface area contributed by atoms with Gasteiger partial charge in [-0.05, 0) is 65.7 Å². The van der Waals surface area contributed by atoms with Crippen molar-refractivity contribution in [2.45, 2.75) is 4.90 Å². The Bertz CT molecular complexity index is 1500. The van der Waals surface area contributed by atoms with Crippen LogP contribution in [-0.2, 0) is 14.8 Å². The molecule has 0 aliphatic heterocycles. The summed E-state index contributed by atoms with van der Waals surface area (Å²) in [5.41, 5.74) is 2.40. The minimum atomic E-state index is -4.18. The second-order valence-electron chi connectivity index (χ2n) is 7.71. The van der Waals surface area contributed by atoms with Gasteiger partial charge >= 0.3 is 5.97 Å². The van der Waals surface area contributed by atoms with Gasteiger partial charge < -0.3 is 10.1 Å². The Kier molecular flexibility index (Phi) is 7.12. The normalized spacial score (nSPS) is 10.9. The van der Waals surface area contributed by atoms with Crippen molar-refractivity contribution in [2.24, 2.45) is 0 Å².